The first kappa shape index (κ1) is 17.0. The van der Waals surface area contributed by atoms with E-state index in [1.807, 2.05) is 24.3 Å². The molecule has 1 atom stereocenters. The summed E-state index contributed by atoms with van der Waals surface area (Å²) in [6.45, 7) is 0.641. The summed E-state index contributed by atoms with van der Waals surface area (Å²) in [4.78, 5) is 33.1. The van der Waals surface area contributed by atoms with Gasteiger partial charge in [-0.2, -0.15) is 0 Å². The molecule has 4 rings (SSSR count). The largest absolute Gasteiger partial charge is 0.340 e. The van der Waals surface area contributed by atoms with E-state index in [-0.39, 0.29) is 17.6 Å². The molecule has 0 radical (unpaired) electrons. The number of hydrogen-bond acceptors (Lipinski definition) is 4. The Morgan fingerprint density at radius 3 is 2.81 bits per heavy atom. The van der Waals surface area contributed by atoms with Gasteiger partial charge in [0.1, 0.15) is 5.82 Å². The molecule has 1 N–H and O–H groups in total. The van der Waals surface area contributed by atoms with Crippen molar-refractivity contribution < 1.29 is 9.72 Å². The zero-order valence-corrected chi connectivity index (χ0v) is 14.5. The zero-order chi connectivity index (χ0) is 18.8. The standard InChI is InChI=1S/C20H18N4O3/c25-19(12-11-14-6-1-4-9-17(14)24(26)27)23-13-5-10-18(23)20-21-15-7-2-3-8-16(15)22-20/h1-4,6-9,11-12,18H,5,10,13H2,(H,21,22)/b12-11-/t18-/m1/s1. The summed E-state index contributed by atoms with van der Waals surface area (Å²) in [6.07, 6.45) is 4.65. The fourth-order valence-corrected chi connectivity index (χ4v) is 3.50. The molecule has 2 heterocycles. The number of rotatable bonds is 4. The van der Waals surface area contributed by atoms with Crippen LogP contribution in [0.2, 0.25) is 0 Å². The first-order valence-electron chi connectivity index (χ1n) is 8.80. The average Bonchev–Trinajstić information content (AvgIpc) is 3.32. The van der Waals surface area contributed by atoms with Crippen molar-refractivity contribution in [3.05, 3.63) is 76.1 Å². The molecule has 0 saturated carbocycles. The molecule has 0 aliphatic carbocycles. The highest BCUT2D eigenvalue weighted by atomic mass is 16.6. The monoisotopic (exact) mass is 362 g/mol. The Hall–Kier alpha value is -3.48. The molecule has 1 amide bonds. The first-order valence-corrected chi connectivity index (χ1v) is 8.80. The van der Waals surface area contributed by atoms with E-state index in [0.29, 0.717) is 12.1 Å². The van der Waals surface area contributed by atoms with Gasteiger partial charge in [0.25, 0.3) is 5.69 Å². The van der Waals surface area contributed by atoms with E-state index < -0.39 is 4.92 Å². The number of nitrogens with one attached hydrogen (secondary N) is 1. The number of H-pyrrole nitrogens is 1. The smallest absolute Gasteiger partial charge is 0.276 e. The van der Waals surface area contributed by atoms with Gasteiger partial charge in [-0.3, -0.25) is 14.9 Å². The summed E-state index contributed by atoms with van der Waals surface area (Å²) in [5.41, 5.74) is 2.22. The van der Waals surface area contributed by atoms with Crippen molar-refractivity contribution in [3.8, 4) is 0 Å². The van der Waals surface area contributed by atoms with Gasteiger partial charge >= 0.3 is 0 Å². The number of aromatic nitrogens is 2. The molecule has 7 nitrogen and oxygen atoms in total. The third-order valence-electron chi connectivity index (χ3n) is 4.80. The Morgan fingerprint density at radius 1 is 1.22 bits per heavy atom. The molecule has 1 fully saturated rings. The van der Waals surface area contributed by atoms with E-state index in [1.165, 1.54) is 18.2 Å². The Morgan fingerprint density at radius 2 is 2.00 bits per heavy atom. The van der Waals surface area contributed by atoms with Gasteiger partial charge in [-0.25, -0.2) is 4.98 Å². The quantitative estimate of drug-likeness (QED) is 0.433. The lowest BCUT2D eigenvalue weighted by atomic mass is 10.1. The van der Waals surface area contributed by atoms with E-state index in [4.69, 9.17) is 0 Å². The van der Waals surface area contributed by atoms with Crippen molar-refractivity contribution in [1.82, 2.24) is 14.9 Å². The van der Waals surface area contributed by atoms with Crippen LogP contribution in [0.5, 0.6) is 0 Å². The van der Waals surface area contributed by atoms with Crippen molar-refractivity contribution in [3.63, 3.8) is 0 Å². The maximum atomic E-state index is 12.7. The third-order valence-corrected chi connectivity index (χ3v) is 4.80. The van der Waals surface area contributed by atoms with Crippen LogP contribution in [0.3, 0.4) is 0 Å². The van der Waals surface area contributed by atoms with Crippen molar-refractivity contribution in [1.29, 1.82) is 0 Å². The van der Waals surface area contributed by atoms with E-state index in [2.05, 4.69) is 9.97 Å². The maximum Gasteiger partial charge on any atom is 0.276 e. The Labute approximate surface area is 155 Å². The maximum absolute atomic E-state index is 12.7. The van der Waals surface area contributed by atoms with Gasteiger partial charge in [-0.1, -0.05) is 24.3 Å². The van der Waals surface area contributed by atoms with Gasteiger partial charge in [0, 0.05) is 18.7 Å². The van der Waals surface area contributed by atoms with Crippen LogP contribution >= 0.6 is 0 Å². The zero-order valence-electron chi connectivity index (χ0n) is 14.5. The number of carbonyl (C=O) groups excluding carboxylic acids is 1. The highest BCUT2D eigenvalue weighted by Crippen LogP contribution is 2.31. The molecule has 27 heavy (non-hydrogen) atoms. The number of nitro benzene ring substituents is 1. The molecule has 1 aliphatic heterocycles. The van der Waals surface area contributed by atoms with Crippen molar-refractivity contribution >= 4 is 28.7 Å². The van der Waals surface area contributed by atoms with Crippen LogP contribution in [0.15, 0.2) is 54.6 Å². The summed E-state index contributed by atoms with van der Waals surface area (Å²) >= 11 is 0. The first-order chi connectivity index (χ1) is 13.1. The SMILES string of the molecule is O=C(/C=C\c1ccccc1[N+](=O)[O-])N1CCC[C@@H]1c1nc2ccccc2[nH]1. The molecular formula is C20H18N4O3. The molecule has 136 valence electrons. The number of aromatic amines is 1. The van der Waals surface area contributed by atoms with Crippen molar-refractivity contribution in [2.75, 3.05) is 6.54 Å². The van der Waals surface area contributed by atoms with E-state index in [9.17, 15) is 14.9 Å². The summed E-state index contributed by atoms with van der Waals surface area (Å²) in [6, 6.07) is 14.0. The number of imidazole rings is 1. The normalized spacial score (nSPS) is 17.0. The number of para-hydroxylation sites is 3. The Balaban J connectivity index is 1.57. The van der Waals surface area contributed by atoms with Gasteiger partial charge in [-0.05, 0) is 37.1 Å². The highest BCUT2D eigenvalue weighted by Gasteiger charge is 2.31. The number of nitrogens with zero attached hydrogens (tertiary/aromatic N) is 3. The molecule has 0 bridgehead atoms. The van der Waals surface area contributed by atoms with Crippen LogP contribution in [-0.2, 0) is 4.79 Å². The molecule has 2 aromatic carbocycles. The predicted octanol–water partition coefficient (Wildman–Crippen LogP) is 3.85. The van der Waals surface area contributed by atoms with Gasteiger partial charge in [-0.15, -0.1) is 0 Å². The van der Waals surface area contributed by atoms with Crippen LogP contribution < -0.4 is 0 Å². The minimum Gasteiger partial charge on any atom is -0.340 e. The molecule has 1 aromatic heterocycles. The number of likely N-dealkylation sites (tertiary alicyclic amines) is 1. The fourth-order valence-electron chi connectivity index (χ4n) is 3.50. The van der Waals surface area contributed by atoms with Crippen LogP contribution in [0.1, 0.15) is 30.3 Å². The lowest BCUT2D eigenvalue weighted by Crippen LogP contribution is -2.29. The van der Waals surface area contributed by atoms with Crippen molar-refractivity contribution in [2.45, 2.75) is 18.9 Å². The number of benzene rings is 2. The Bertz CT molecular complexity index is 1010. The summed E-state index contributed by atoms with van der Waals surface area (Å²) in [7, 11) is 0. The molecule has 3 aromatic rings. The third kappa shape index (κ3) is 3.31. The molecule has 1 saturated heterocycles. The lowest BCUT2D eigenvalue weighted by molar-refractivity contribution is -0.385. The number of amides is 1. The molecule has 0 spiro atoms. The van der Waals surface area contributed by atoms with Crippen LogP contribution in [-0.4, -0.2) is 32.2 Å². The fraction of sp³-hybridized carbons (Fsp3) is 0.200. The second-order valence-electron chi connectivity index (χ2n) is 6.48. The second kappa shape index (κ2) is 7.03. The van der Waals surface area contributed by atoms with Crippen LogP contribution in [0.4, 0.5) is 5.69 Å². The number of fused-ring (bicyclic) bond motifs is 1. The molecule has 1 aliphatic rings. The van der Waals surface area contributed by atoms with Crippen LogP contribution in [0.25, 0.3) is 17.1 Å². The second-order valence-corrected chi connectivity index (χ2v) is 6.48. The van der Waals surface area contributed by atoms with Crippen molar-refractivity contribution in [2.24, 2.45) is 0 Å². The van der Waals surface area contributed by atoms with E-state index in [0.717, 1.165) is 29.7 Å². The Kier molecular flexibility index (Phi) is 4.42. The predicted molar refractivity (Wildman–Crippen MR) is 102 cm³/mol. The topological polar surface area (TPSA) is 92.1 Å². The summed E-state index contributed by atoms with van der Waals surface area (Å²) < 4.78 is 0. The molecular weight excluding hydrogens is 344 g/mol. The average molecular weight is 362 g/mol. The summed E-state index contributed by atoms with van der Waals surface area (Å²) in [5.74, 6) is 0.609. The van der Waals surface area contributed by atoms with Gasteiger partial charge in [0.2, 0.25) is 5.91 Å². The molecule has 0 unspecified atom stereocenters. The van der Waals surface area contributed by atoms with Gasteiger partial charge in [0.15, 0.2) is 0 Å². The number of hydrogen-bond donors (Lipinski definition) is 1. The number of nitro groups is 1. The van der Waals surface area contributed by atoms with Gasteiger partial charge < -0.3 is 9.88 Å². The van der Waals surface area contributed by atoms with E-state index in [1.54, 1.807) is 23.1 Å². The van der Waals surface area contributed by atoms with Crippen LogP contribution in [0, 0.1) is 10.1 Å². The highest BCUT2D eigenvalue weighted by molar-refractivity contribution is 5.93. The summed E-state index contributed by atoms with van der Waals surface area (Å²) in [5, 5.41) is 11.1. The lowest BCUT2D eigenvalue weighted by Gasteiger charge is -2.21. The van der Waals surface area contributed by atoms with Gasteiger partial charge in [0.05, 0.1) is 27.6 Å². The number of carbonyl (C=O) groups is 1. The minimum atomic E-state index is -0.447. The minimum absolute atomic E-state index is 0.0168. The van der Waals surface area contributed by atoms with E-state index >= 15 is 0 Å². The molecule has 7 heteroatoms.